The number of thiophene rings is 1. The topological polar surface area (TPSA) is 24.9 Å². The smallest absolute Gasteiger partial charge is 0.0365 e. The van der Waals surface area contributed by atoms with Crippen LogP contribution in [0.4, 0.5) is 0 Å². The first kappa shape index (κ1) is 14.2. The number of nitrogens with zero attached hydrogens (tertiary/aromatic N) is 1. The van der Waals surface area contributed by atoms with E-state index < -0.39 is 0 Å². The van der Waals surface area contributed by atoms with E-state index in [-0.39, 0.29) is 0 Å². The standard InChI is InChI=1S/C16H22N2S/c1-3-7-18-16(10-13-6-9-19-12-13)15-5-8-17-11-14(15)4-2/h5-6,8-9,11-12,16,18H,3-4,7,10H2,1-2H3. The van der Waals surface area contributed by atoms with Crippen molar-refractivity contribution in [2.24, 2.45) is 0 Å². The fourth-order valence-electron chi connectivity index (χ4n) is 2.33. The lowest BCUT2D eigenvalue weighted by atomic mass is 9.96. The Morgan fingerprint density at radius 3 is 2.89 bits per heavy atom. The molecule has 1 atom stereocenters. The van der Waals surface area contributed by atoms with Crippen LogP contribution in [0.15, 0.2) is 35.3 Å². The minimum atomic E-state index is 0.396. The maximum Gasteiger partial charge on any atom is 0.0365 e. The van der Waals surface area contributed by atoms with Gasteiger partial charge in [-0.3, -0.25) is 4.98 Å². The second-order valence-corrected chi connectivity index (χ2v) is 5.55. The monoisotopic (exact) mass is 274 g/mol. The predicted octanol–water partition coefficient (Wildman–Crippen LogP) is 3.99. The molecule has 0 saturated carbocycles. The fourth-order valence-corrected chi connectivity index (χ4v) is 3.01. The third-order valence-corrected chi connectivity index (χ3v) is 4.09. The summed E-state index contributed by atoms with van der Waals surface area (Å²) in [6, 6.07) is 4.78. The van der Waals surface area contributed by atoms with E-state index in [1.165, 1.54) is 16.7 Å². The van der Waals surface area contributed by atoms with Crippen LogP contribution in [0.2, 0.25) is 0 Å². The van der Waals surface area contributed by atoms with Crippen LogP contribution in [0, 0.1) is 0 Å². The molecule has 3 heteroatoms. The van der Waals surface area contributed by atoms with Gasteiger partial charge in [-0.1, -0.05) is 13.8 Å². The van der Waals surface area contributed by atoms with Crippen molar-refractivity contribution in [2.45, 2.75) is 39.2 Å². The second kappa shape index (κ2) is 7.41. The first-order valence-electron chi connectivity index (χ1n) is 7.02. The average molecular weight is 274 g/mol. The molecule has 0 aromatic carbocycles. The van der Waals surface area contributed by atoms with Gasteiger partial charge in [0.2, 0.25) is 0 Å². The SMILES string of the molecule is CCCNC(Cc1ccsc1)c1ccncc1CC. The highest BCUT2D eigenvalue weighted by Crippen LogP contribution is 2.23. The molecule has 102 valence electrons. The molecule has 0 radical (unpaired) electrons. The minimum absolute atomic E-state index is 0.396. The first-order valence-corrected chi connectivity index (χ1v) is 7.96. The van der Waals surface area contributed by atoms with Gasteiger partial charge in [0, 0.05) is 18.4 Å². The molecule has 2 heterocycles. The molecule has 0 aliphatic rings. The molecule has 2 aromatic rings. The van der Waals surface area contributed by atoms with Crippen molar-refractivity contribution in [1.29, 1.82) is 0 Å². The molecular formula is C16H22N2S. The van der Waals surface area contributed by atoms with Crippen LogP contribution in [-0.4, -0.2) is 11.5 Å². The largest absolute Gasteiger partial charge is 0.310 e. The van der Waals surface area contributed by atoms with Crippen molar-refractivity contribution in [2.75, 3.05) is 6.54 Å². The van der Waals surface area contributed by atoms with Crippen LogP contribution in [0.5, 0.6) is 0 Å². The summed E-state index contributed by atoms with van der Waals surface area (Å²) in [5.41, 5.74) is 4.17. The lowest BCUT2D eigenvalue weighted by Gasteiger charge is -2.21. The van der Waals surface area contributed by atoms with Gasteiger partial charge in [-0.15, -0.1) is 0 Å². The summed E-state index contributed by atoms with van der Waals surface area (Å²) < 4.78 is 0. The summed E-state index contributed by atoms with van der Waals surface area (Å²) in [6.45, 7) is 5.46. The number of aryl methyl sites for hydroxylation is 1. The van der Waals surface area contributed by atoms with E-state index in [9.17, 15) is 0 Å². The molecule has 0 saturated heterocycles. The highest BCUT2D eigenvalue weighted by atomic mass is 32.1. The van der Waals surface area contributed by atoms with E-state index in [4.69, 9.17) is 0 Å². The van der Waals surface area contributed by atoms with E-state index in [0.29, 0.717) is 6.04 Å². The molecule has 1 N–H and O–H groups in total. The van der Waals surface area contributed by atoms with Crippen LogP contribution < -0.4 is 5.32 Å². The molecule has 1 unspecified atom stereocenters. The molecule has 19 heavy (non-hydrogen) atoms. The number of rotatable bonds is 7. The Hall–Kier alpha value is -1.19. The Bertz CT molecular complexity index is 479. The number of hydrogen-bond donors (Lipinski definition) is 1. The van der Waals surface area contributed by atoms with Gasteiger partial charge in [0.05, 0.1) is 0 Å². The highest BCUT2D eigenvalue weighted by Gasteiger charge is 2.14. The summed E-state index contributed by atoms with van der Waals surface area (Å²) in [4.78, 5) is 4.25. The van der Waals surface area contributed by atoms with Crippen molar-refractivity contribution in [3.63, 3.8) is 0 Å². The van der Waals surface area contributed by atoms with Crippen molar-refractivity contribution >= 4 is 11.3 Å². The normalized spacial score (nSPS) is 12.5. The predicted molar refractivity (Wildman–Crippen MR) is 82.7 cm³/mol. The highest BCUT2D eigenvalue weighted by molar-refractivity contribution is 7.07. The van der Waals surface area contributed by atoms with Gasteiger partial charge in [0.1, 0.15) is 0 Å². The molecule has 2 aromatic heterocycles. The summed E-state index contributed by atoms with van der Waals surface area (Å²) >= 11 is 1.77. The van der Waals surface area contributed by atoms with Gasteiger partial charge < -0.3 is 5.32 Å². The maximum atomic E-state index is 4.25. The Balaban J connectivity index is 2.20. The number of pyridine rings is 1. The van der Waals surface area contributed by atoms with Crippen molar-refractivity contribution in [1.82, 2.24) is 10.3 Å². The zero-order valence-corrected chi connectivity index (χ0v) is 12.5. The molecule has 0 amide bonds. The summed E-state index contributed by atoms with van der Waals surface area (Å²) in [5, 5.41) is 8.07. The number of nitrogens with one attached hydrogen (secondary N) is 1. The fraction of sp³-hybridized carbons (Fsp3) is 0.438. The number of hydrogen-bond acceptors (Lipinski definition) is 3. The quantitative estimate of drug-likeness (QED) is 0.826. The first-order chi connectivity index (χ1) is 9.35. The van der Waals surface area contributed by atoms with Crippen molar-refractivity contribution < 1.29 is 0 Å². The van der Waals surface area contributed by atoms with E-state index in [1.807, 2.05) is 12.4 Å². The third kappa shape index (κ3) is 3.88. The average Bonchev–Trinajstić information content (AvgIpc) is 2.96. The van der Waals surface area contributed by atoms with Crippen LogP contribution in [-0.2, 0) is 12.8 Å². The summed E-state index contributed by atoms with van der Waals surface area (Å²) in [5.74, 6) is 0. The van der Waals surface area contributed by atoms with Gasteiger partial charge >= 0.3 is 0 Å². The molecule has 0 bridgehead atoms. The Morgan fingerprint density at radius 1 is 1.32 bits per heavy atom. The van der Waals surface area contributed by atoms with E-state index in [2.05, 4.69) is 47.0 Å². The van der Waals surface area contributed by atoms with Crippen molar-refractivity contribution in [3.05, 3.63) is 52.0 Å². The molecular weight excluding hydrogens is 252 g/mol. The van der Waals surface area contributed by atoms with Gasteiger partial charge in [-0.05, 0) is 65.4 Å². The van der Waals surface area contributed by atoms with Gasteiger partial charge in [-0.2, -0.15) is 11.3 Å². The molecule has 2 rings (SSSR count). The van der Waals surface area contributed by atoms with Gasteiger partial charge in [0.25, 0.3) is 0 Å². The van der Waals surface area contributed by atoms with Gasteiger partial charge in [-0.25, -0.2) is 0 Å². The number of aromatic nitrogens is 1. The molecule has 0 aliphatic carbocycles. The Kier molecular flexibility index (Phi) is 5.55. The van der Waals surface area contributed by atoms with Crippen LogP contribution in [0.1, 0.15) is 43.0 Å². The van der Waals surface area contributed by atoms with E-state index in [1.54, 1.807) is 11.3 Å². The van der Waals surface area contributed by atoms with Crippen LogP contribution in [0.25, 0.3) is 0 Å². The minimum Gasteiger partial charge on any atom is -0.310 e. The maximum absolute atomic E-state index is 4.25. The lowest BCUT2D eigenvalue weighted by Crippen LogP contribution is -2.25. The van der Waals surface area contributed by atoms with Crippen molar-refractivity contribution in [3.8, 4) is 0 Å². The zero-order valence-electron chi connectivity index (χ0n) is 11.7. The molecule has 2 nitrogen and oxygen atoms in total. The zero-order chi connectivity index (χ0) is 13.5. The lowest BCUT2D eigenvalue weighted by molar-refractivity contribution is 0.526. The second-order valence-electron chi connectivity index (χ2n) is 4.77. The summed E-state index contributed by atoms with van der Waals surface area (Å²) in [7, 11) is 0. The molecule has 0 fully saturated rings. The van der Waals surface area contributed by atoms with E-state index in [0.717, 1.165) is 25.8 Å². The van der Waals surface area contributed by atoms with Crippen LogP contribution >= 0.6 is 11.3 Å². The Morgan fingerprint density at radius 2 is 2.21 bits per heavy atom. The van der Waals surface area contributed by atoms with Gasteiger partial charge in [0.15, 0.2) is 0 Å². The van der Waals surface area contributed by atoms with E-state index >= 15 is 0 Å². The third-order valence-electron chi connectivity index (χ3n) is 3.36. The van der Waals surface area contributed by atoms with Crippen LogP contribution in [0.3, 0.4) is 0 Å². The molecule has 0 spiro atoms. The Labute approximate surface area is 119 Å². The molecule has 0 aliphatic heterocycles. The summed E-state index contributed by atoms with van der Waals surface area (Å²) in [6.07, 6.45) is 7.16.